The summed E-state index contributed by atoms with van der Waals surface area (Å²) in [7, 11) is 0. The first-order valence-corrected chi connectivity index (χ1v) is 10.8. The van der Waals surface area contributed by atoms with Crippen molar-refractivity contribution in [3.63, 3.8) is 0 Å². The molecule has 0 saturated heterocycles. The van der Waals surface area contributed by atoms with Gasteiger partial charge in [-0.3, -0.25) is 14.8 Å². The van der Waals surface area contributed by atoms with Gasteiger partial charge in [0.25, 0.3) is 5.91 Å². The van der Waals surface area contributed by atoms with Crippen LogP contribution in [-0.4, -0.2) is 50.3 Å². The second-order valence-corrected chi connectivity index (χ2v) is 8.72. The van der Waals surface area contributed by atoms with Crippen LogP contribution < -0.4 is 16.0 Å². The third-order valence-electron chi connectivity index (χ3n) is 5.64. The van der Waals surface area contributed by atoms with E-state index in [4.69, 9.17) is 0 Å². The molecule has 0 unspecified atom stereocenters. The molecule has 1 aliphatic carbocycles. The fourth-order valence-electron chi connectivity index (χ4n) is 3.34. The molecule has 33 heavy (non-hydrogen) atoms. The minimum atomic E-state index is -1.63. The van der Waals surface area contributed by atoms with Crippen LogP contribution in [0, 0.1) is 5.82 Å². The Hall–Kier alpha value is -3.40. The molecule has 0 spiro atoms. The van der Waals surface area contributed by atoms with Crippen molar-refractivity contribution >= 4 is 34.1 Å². The first kappa shape index (κ1) is 22.8. The van der Waals surface area contributed by atoms with Crippen molar-refractivity contribution in [3.8, 4) is 0 Å². The molecule has 1 fully saturated rings. The molecule has 0 bridgehead atoms. The normalized spacial score (nSPS) is 15.1. The van der Waals surface area contributed by atoms with Crippen LogP contribution in [0.2, 0.25) is 0 Å². The Morgan fingerprint density at radius 2 is 1.85 bits per heavy atom. The van der Waals surface area contributed by atoms with Gasteiger partial charge in [0.2, 0.25) is 0 Å². The maximum atomic E-state index is 14.6. The van der Waals surface area contributed by atoms with E-state index in [2.05, 4.69) is 30.9 Å². The SMILES string of the molecule is CC(C)(O)[C@H](F)CNC(=O)c1cnc(Nc2cc3nccnc3cc2F)cc1NC1CCC1. The van der Waals surface area contributed by atoms with Crippen LogP contribution in [0.1, 0.15) is 43.5 Å². The summed E-state index contributed by atoms with van der Waals surface area (Å²) in [6, 6.07) is 4.66. The monoisotopic (exact) mass is 456 g/mol. The first-order chi connectivity index (χ1) is 15.7. The molecule has 8 nitrogen and oxygen atoms in total. The number of hydrogen-bond acceptors (Lipinski definition) is 7. The predicted octanol–water partition coefficient (Wildman–Crippen LogP) is 3.71. The van der Waals surface area contributed by atoms with Crippen molar-refractivity contribution < 1.29 is 18.7 Å². The number of nitrogens with zero attached hydrogens (tertiary/aromatic N) is 3. The lowest BCUT2D eigenvalue weighted by Crippen LogP contribution is -2.42. The standard InChI is InChI=1S/C23H26F2N6O2/c1-23(2,33)20(25)12-29-22(32)14-11-28-21(10-16(14)30-13-4-3-5-13)31-17-9-19-18(8-15(17)24)26-6-7-27-19/h6-11,13,20,33H,3-5,12H2,1-2H3,(H,29,32)(H2,28,30,31)/t20-/m1/s1. The number of amides is 1. The van der Waals surface area contributed by atoms with E-state index < -0.39 is 23.5 Å². The summed E-state index contributed by atoms with van der Waals surface area (Å²) in [4.78, 5) is 25.2. The Bertz CT molecular complexity index is 1160. The van der Waals surface area contributed by atoms with Gasteiger partial charge in [-0.15, -0.1) is 0 Å². The maximum Gasteiger partial charge on any atom is 0.255 e. The average molecular weight is 456 g/mol. The van der Waals surface area contributed by atoms with Crippen molar-refractivity contribution in [2.75, 3.05) is 17.2 Å². The highest BCUT2D eigenvalue weighted by molar-refractivity contribution is 6.00. The number of pyridine rings is 1. The number of halogens is 2. The number of rotatable bonds is 8. The number of aliphatic hydroxyl groups is 1. The molecule has 174 valence electrons. The van der Waals surface area contributed by atoms with Crippen molar-refractivity contribution in [2.45, 2.75) is 50.9 Å². The molecular weight excluding hydrogens is 430 g/mol. The van der Waals surface area contributed by atoms with E-state index in [1.54, 1.807) is 6.07 Å². The van der Waals surface area contributed by atoms with E-state index in [9.17, 15) is 18.7 Å². The number of anilines is 3. The largest absolute Gasteiger partial charge is 0.387 e. The van der Waals surface area contributed by atoms with Crippen LogP contribution in [0.25, 0.3) is 11.0 Å². The molecule has 1 atom stereocenters. The number of fused-ring (bicyclic) bond motifs is 1. The minimum Gasteiger partial charge on any atom is -0.387 e. The zero-order valence-electron chi connectivity index (χ0n) is 18.4. The Balaban J connectivity index is 1.57. The molecule has 4 rings (SSSR count). The van der Waals surface area contributed by atoms with Crippen molar-refractivity contribution in [3.05, 3.63) is 48.2 Å². The second-order valence-electron chi connectivity index (χ2n) is 8.72. The molecule has 2 aromatic heterocycles. The maximum absolute atomic E-state index is 14.6. The highest BCUT2D eigenvalue weighted by Crippen LogP contribution is 2.29. The fraction of sp³-hybridized carbons (Fsp3) is 0.391. The number of carbonyl (C=O) groups is 1. The second kappa shape index (κ2) is 9.22. The topological polar surface area (TPSA) is 112 Å². The highest BCUT2D eigenvalue weighted by atomic mass is 19.1. The summed E-state index contributed by atoms with van der Waals surface area (Å²) in [5.74, 6) is -0.703. The van der Waals surface area contributed by atoms with Gasteiger partial charge in [0.15, 0.2) is 0 Å². The van der Waals surface area contributed by atoms with Crippen LogP contribution in [-0.2, 0) is 0 Å². The lowest BCUT2D eigenvalue weighted by molar-refractivity contribution is -0.00177. The van der Waals surface area contributed by atoms with Crippen LogP contribution in [0.5, 0.6) is 0 Å². The molecule has 3 aromatic rings. The Morgan fingerprint density at radius 3 is 2.48 bits per heavy atom. The van der Waals surface area contributed by atoms with Crippen molar-refractivity contribution in [1.29, 1.82) is 0 Å². The Morgan fingerprint density at radius 1 is 1.15 bits per heavy atom. The third kappa shape index (κ3) is 5.33. The zero-order valence-corrected chi connectivity index (χ0v) is 18.4. The molecule has 0 radical (unpaired) electrons. The minimum absolute atomic E-state index is 0.174. The molecule has 10 heteroatoms. The third-order valence-corrected chi connectivity index (χ3v) is 5.64. The number of hydrogen-bond donors (Lipinski definition) is 4. The van der Waals surface area contributed by atoms with E-state index in [1.807, 2.05) is 0 Å². The van der Waals surface area contributed by atoms with Gasteiger partial charge in [0, 0.05) is 36.8 Å². The molecule has 1 saturated carbocycles. The quantitative estimate of drug-likeness (QED) is 0.409. The van der Waals surface area contributed by atoms with Crippen LogP contribution >= 0.6 is 0 Å². The van der Waals surface area contributed by atoms with E-state index >= 15 is 0 Å². The van der Waals surface area contributed by atoms with E-state index in [-0.39, 0.29) is 23.8 Å². The molecule has 0 aliphatic heterocycles. The smallest absolute Gasteiger partial charge is 0.255 e. The molecule has 2 heterocycles. The van der Waals surface area contributed by atoms with Gasteiger partial charge >= 0.3 is 0 Å². The van der Waals surface area contributed by atoms with Crippen LogP contribution in [0.15, 0.2) is 36.8 Å². The molecular formula is C23H26F2N6O2. The summed E-state index contributed by atoms with van der Waals surface area (Å²) < 4.78 is 28.6. The summed E-state index contributed by atoms with van der Waals surface area (Å²) in [6.07, 6.45) is 5.77. The van der Waals surface area contributed by atoms with E-state index in [1.165, 1.54) is 44.6 Å². The predicted molar refractivity (Wildman–Crippen MR) is 122 cm³/mol. The number of benzene rings is 1. The number of carbonyl (C=O) groups excluding carboxylic acids is 1. The van der Waals surface area contributed by atoms with Gasteiger partial charge in [0.1, 0.15) is 17.8 Å². The Labute approximate surface area is 189 Å². The van der Waals surface area contributed by atoms with E-state index in [0.717, 1.165) is 19.3 Å². The zero-order chi connectivity index (χ0) is 23.6. The lowest BCUT2D eigenvalue weighted by atomic mass is 9.92. The van der Waals surface area contributed by atoms with E-state index in [0.29, 0.717) is 22.5 Å². The summed E-state index contributed by atoms with van der Waals surface area (Å²) in [5.41, 5.74) is 0.311. The molecule has 1 aromatic carbocycles. The summed E-state index contributed by atoms with van der Waals surface area (Å²) >= 11 is 0. The number of alkyl halides is 1. The highest BCUT2D eigenvalue weighted by Gasteiger charge is 2.28. The van der Waals surface area contributed by atoms with Crippen LogP contribution in [0.3, 0.4) is 0 Å². The fourth-order valence-corrected chi connectivity index (χ4v) is 3.34. The summed E-state index contributed by atoms with van der Waals surface area (Å²) in [6.45, 7) is 2.34. The van der Waals surface area contributed by atoms with Gasteiger partial charge in [-0.25, -0.2) is 13.8 Å². The number of aromatic nitrogens is 3. The lowest BCUT2D eigenvalue weighted by Gasteiger charge is -2.28. The van der Waals surface area contributed by atoms with Gasteiger partial charge in [-0.2, -0.15) is 0 Å². The average Bonchev–Trinajstić information content (AvgIpc) is 2.74. The van der Waals surface area contributed by atoms with Gasteiger partial charge in [-0.1, -0.05) is 0 Å². The van der Waals surface area contributed by atoms with Gasteiger partial charge in [-0.05, 0) is 39.2 Å². The van der Waals surface area contributed by atoms with Gasteiger partial charge < -0.3 is 21.1 Å². The Kier molecular flexibility index (Phi) is 6.37. The first-order valence-electron chi connectivity index (χ1n) is 10.8. The number of nitrogens with one attached hydrogen (secondary N) is 3. The van der Waals surface area contributed by atoms with Crippen molar-refractivity contribution in [2.24, 2.45) is 0 Å². The van der Waals surface area contributed by atoms with Crippen molar-refractivity contribution in [1.82, 2.24) is 20.3 Å². The molecule has 1 aliphatic rings. The van der Waals surface area contributed by atoms with Crippen LogP contribution in [0.4, 0.5) is 26.0 Å². The van der Waals surface area contributed by atoms with Gasteiger partial charge in [0.05, 0.1) is 40.1 Å². The summed E-state index contributed by atoms with van der Waals surface area (Å²) in [5, 5.41) is 18.5. The molecule has 1 amide bonds. The molecule has 4 N–H and O–H groups in total.